The zero-order chi connectivity index (χ0) is 21.1. The minimum absolute atomic E-state index is 0.0533. The van der Waals surface area contributed by atoms with Crippen LogP contribution in [0.1, 0.15) is 28.2 Å². The van der Waals surface area contributed by atoms with Crippen LogP contribution in [0.2, 0.25) is 0 Å². The van der Waals surface area contributed by atoms with Crippen molar-refractivity contribution < 1.29 is 14.0 Å². The molecule has 7 nitrogen and oxygen atoms in total. The SMILES string of the molecule is Cc1c(C(=O)NCC2CC(=O)N(Cc3ccccc3)C2)nnn1-c1ccc(F)cc1. The van der Waals surface area contributed by atoms with E-state index in [0.717, 1.165) is 5.56 Å². The van der Waals surface area contributed by atoms with Crippen LogP contribution < -0.4 is 5.32 Å². The molecule has 4 rings (SSSR count). The first-order valence-corrected chi connectivity index (χ1v) is 9.79. The summed E-state index contributed by atoms with van der Waals surface area (Å²) < 4.78 is 14.6. The van der Waals surface area contributed by atoms with Gasteiger partial charge in [-0.15, -0.1) is 5.10 Å². The monoisotopic (exact) mass is 407 g/mol. The standard InChI is InChI=1S/C22H22FN5O2/c1-15-21(25-26-28(15)19-9-7-18(23)8-10-19)22(30)24-12-17-11-20(29)27(14-17)13-16-5-3-2-4-6-16/h2-10,17H,11-14H2,1H3,(H,24,30). The maximum atomic E-state index is 13.1. The number of hydrogen-bond acceptors (Lipinski definition) is 4. The minimum Gasteiger partial charge on any atom is -0.350 e. The molecule has 1 aromatic heterocycles. The van der Waals surface area contributed by atoms with Crippen molar-refractivity contribution >= 4 is 11.8 Å². The van der Waals surface area contributed by atoms with Crippen molar-refractivity contribution in [3.8, 4) is 5.69 Å². The Balaban J connectivity index is 1.35. The molecule has 1 N–H and O–H groups in total. The van der Waals surface area contributed by atoms with E-state index >= 15 is 0 Å². The molecule has 8 heteroatoms. The highest BCUT2D eigenvalue weighted by atomic mass is 19.1. The molecule has 0 saturated carbocycles. The summed E-state index contributed by atoms with van der Waals surface area (Å²) in [6.07, 6.45) is 0.411. The Kier molecular flexibility index (Phi) is 5.56. The van der Waals surface area contributed by atoms with Crippen molar-refractivity contribution in [1.82, 2.24) is 25.2 Å². The summed E-state index contributed by atoms with van der Waals surface area (Å²) in [4.78, 5) is 26.7. The van der Waals surface area contributed by atoms with Crippen LogP contribution in [0.5, 0.6) is 0 Å². The van der Waals surface area contributed by atoms with Gasteiger partial charge in [0.1, 0.15) is 5.82 Å². The average Bonchev–Trinajstić information content (AvgIpc) is 3.30. The van der Waals surface area contributed by atoms with Gasteiger partial charge < -0.3 is 10.2 Å². The molecule has 0 aliphatic carbocycles. The number of aromatic nitrogens is 3. The number of nitrogens with one attached hydrogen (secondary N) is 1. The number of amides is 2. The second-order valence-corrected chi connectivity index (χ2v) is 7.45. The van der Waals surface area contributed by atoms with Gasteiger partial charge in [0.15, 0.2) is 5.69 Å². The average molecular weight is 407 g/mol. The Hall–Kier alpha value is -3.55. The summed E-state index contributed by atoms with van der Waals surface area (Å²) in [5.41, 5.74) is 2.49. The van der Waals surface area contributed by atoms with Crippen LogP contribution in [0, 0.1) is 18.7 Å². The van der Waals surface area contributed by atoms with Gasteiger partial charge in [0, 0.05) is 32.0 Å². The molecular weight excluding hydrogens is 385 g/mol. The van der Waals surface area contributed by atoms with Crippen molar-refractivity contribution in [2.24, 2.45) is 5.92 Å². The second-order valence-electron chi connectivity index (χ2n) is 7.45. The predicted octanol–water partition coefficient (Wildman–Crippen LogP) is 2.49. The van der Waals surface area contributed by atoms with Gasteiger partial charge in [-0.3, -0.25) is 9.59 Å². The highest BCUT2D eigenvalue weighted by Crippen LogP contribution is 2.20. The first-order chi connectivity index (χ1) is 14.5. The number of rotatable bonds is 6. The van der Waals surface area contributed by atoms with E-state index in [9.17, 15) is 14.0 Å². The van der Waals surface area contributed by atoms with Gasteiger partial charge in [-0.25, -0.2) is 9.07 Å². The molecule has 3 aromatic rings. The lowest BCUT2D eigenvalue weighted by Crippen LogP contribution is -2.31. The van der Waals surface area contributed by atoms with Crippen molar-refractivity contribution in [2.45, 2.75) is 19.9 Å². The fourth-order valence-corrected chi connectivity index (χ4v) is 3.63. The van der Waals surface area contributed by atoms with Crippen LogP contribution in [-0.2, 0) is 11.3 Å². The highest BCUT2D eigenvalue weighted by Gasteiger charge is 2.30. The van der Waals surface area contributed by atoms with Gasteiger partial charge in [0.25, 0.3) is 5.91 Å². The molecule has 2 aromatic carbocycles. The molecule has 0 radical (unpaired) electrons. The van der Waals surface area contributed by atoms with E-state index < -0.39 is 0 Å². The zero-order valence-electron chi connectivity index (χ0n) is 16.6. The zero-order valence-corrected chi connectivity index (χ0v) is 16.6. The molecule has 2 heterocycles. The molecule has 30 heavy (non-hydrogen) atoms. The number of benzene rings is 2. The molecule has 1 aliphatic rings. The molecule has 1 atom stereocenters. The molecular formula is C22H22FN5O2. The van der Waals surface area contributed by atoms with E-state index in [4.69, 9.17) is 0 Å². The Morgan fingerprint density at radius 1 is 1.17 bits per heavy atom. The normalized spacial score (nSPS) is 16.1. The van der Waals surface area contributed by atoms with E-state index in [1.807, 2.05) is 35.2 Å². The van der Waals surface area contributed by atoms with Crippen LogP contribution in [-0.4, -0.2) is 44.8 Å². The fourth-order valence-electron chi connectivity index (χ4n) is 3.63. The number of carbonyl (C=O) groups is 2. The van der Waals surface area contributed by atoms with E-state index in [1.165, 1.54) is 16.8 Å². The van der Waals surface area contributed by atoms with Crippen LogP contribution >= 0.6 is 0 Å². The summed E-state index contributed by atoms with van der Waals surface area (Å²) >= 11 is 0. The van der Waals surface area contributed by atoms with Gasteiger partial charge in [-0.05, 0) is 36.8 Å². The third-order valence-electron chi connectivity index (χ3n) is 5.24. The summed E-state index contributed by atoms with van der Waals surface area (Å²) in [6, 6.07) is 15.6. The number of halogens is 1. The maximum Gasteiger partial charge on any atom is 0.273 e. The molecule has 1 unspecified atom stereocenters. The Bertz CT molecular complexity index is 1050. The van der Waals surface area contributed by atoms with E-state index in [2.05, 4.69) is 15.6 Å². The number of nitrogens with zero attached hydrogens (tertiary/aromatic N) is 4. The summed E-state index contributed by atoms with van der Waals surface area (Å²) in [7, 11) is 0. The number of carbonyl (C=O) groups excluding carboxylic acids is 2. The number of likely N-dealkylation sites (tertiary alicyclic amines) is 1. The molecule has 1 aliphatic heterocycles. The molecule has 1 saturated heterocycles. The Morgan fingerprint density at radius 2 is 1.90 bits per heavy atom. The van der Waals surface area contributed by atoms with Crippen LogP contribution in [0.15, 0.2) is 54.6 Å². The predicted molar refractivity (Wildman–Crippen MR) is 108 cm³/mol. The van der Waals surface area contributed by atoms with Crippen LogP contribution in [0.3, 0.4) is 0 Å². The molecule has 1 fully saturated rings. The smallest absolute Gasteiger partial charge is 0.273 e. The quantitative estimate of drug-likeness (QED) is 0.681. The lowest BCUT2D eigenvalue weighted by atomic mass is 10.1. The van der Waals surface area contributed by atoms with Crippen molar-refractivity contribution in [3.05, 3.63) is 77.4 Å². The number of hydrogen-bond donors (Lipinski definition) is 1. The highest BCUT2D eigenvalue weighted by molar-refractivity contribution is 5.93. The minimum atomic E-state index is -0.345. The summed E-state index contributed by atoms with van der Waals surface area (Å²) in [6.45, 7) is 3.31. The van der Waals surface area contributed by atoms with Crippen molar-refractivity contribution in [1.29, 1.82) is 0 Å². The lowest BCUT2D eigenvalue weighted by Gasteiger charge is -2.17. The van der Waals surface area contributed by atoms with E-state index in [1.54, 1.807) is 19.1 Å². The third kappa shape index (κ3) is 4.22. The van der Waals surface area contributed by atoms with Gasteiger partial charge in [-0.1, -0.05) is 35.5 Å². The molecule has 2 amide bonds. The molecule has 0 bridgehead atoms. The molecule has 0 spiro atoms. The van der Waals surface area contributed by atoms with Crippen LogP contribution in [0.4, 0.5) is 4.39 Å². The molecule has 154 valence electrons. The first kappa shape index (κ1) is 19.8. The maximum absolute atomic E-state index is 13.1. The van der Waals surface area contributed by atoms with E-state index in [0.29, 0.717) is 37.4 Å². The van der Waals surface area contributed by atoms with Gasteiger partial charge >= 0.3 is 0 Å². The van der Waals surface area contributed by atoms with E-state index in [-0.39, 0.29) is 29.2 Å². The Labute approximate surface area is 173 Å². The fraction of sp³-hybridized carbons (Fsp3) is 0.273. The summed E-state index contributed by atoms with van der Waals surface area (Å²) in [5, 5.41) is 10.9. The first-order valence-electron chi connectivity index (χ1n) is 9.79. The second kappa shape index (κ2) is 8.44. The lowest BCUT2D eigenvalue weighted by molar-refractivity contribution is -0.128. The summed E-state index contributed by atoms with van der Waals surface area (Å²) in [5.74, 6) is -0.536. The van der Waals surface area contributed by atoms with Gasteiger partial charge in [0.05, 0.1) is 11.4 Å². The third-order valence-corrected chi connectivity index (χ3v) is 5.24. The van der Waals surface area contributed by atoms with Crippen LogP contribution in [0.25, 0.3) is 5.69 Å². The largest absolute Gasteiger partial charge is 0.350 e. The van der Waals surface area contributed by atoms with Gasteiger partial charge in [-0.2, -0.15) is 0 Å². The topological polar surface area (TPSA) is 80.1 Å². The Morgan fingerprint density at radius 3 is 2.63 bits per heavy atom. The van der Waals surface area contributed by atoms with Crippen molar-refractivity contribution in [3.63, 3.8) is 0 Å². The van der Waals surface area contributed by atoms with Crippen molar-refractivity contribution in [2.75, 3.05) is 13.1 Å². The van der Waals surface area contributed by atoms with Gasteiger partial charge in [0.2, 0.25) is 5.91 Å².